The Hall–Kier alpha value is -1.60. The normalized spacial score (nSPS) is 12.2. The molecule has 0 aromatic carbocycles. The molecule has 0 aliphatic heterocycles. The summed E-state index contributed by atoms with van der Waals surface area (Å²) in [7, 11) is 4.04. The first-order valence-corrected chi connectivity index (χ1v) is 5.31. The molecule has 0 saturated carbocycles. The summed E-state index contributed by atoms with van der Waals surface area (Å²) in [6.07, 6.45) is 1.72. The van der Waals surface area contributed by atoms with Gasteiger partial charge in [0.1, 0.15) is 11.9 Å². The van der Waals surface area contributed by atoms with Crippen molar-refractivity contribution in [3.8, 4) is 6.07 Å². The monoisotopic (exact) mass is 218 g/mol. The van der Waals surface area contributed by atoms with Gasteiger partial charge in [-0.05, 0) is 39.6 Å². The molecule has 16 heavy (non-hydrogen) atoms. The molecule has 0 aliphatic rings. The summed E-state index contributed by atoms with van der Waals surface area (Å²) in [6, 6.07) is 4.29. The lowest BCUT2D eigenvalue weighted by Gasteiger charge is -2.19. The highest BCUT2D eigenvalue weighted by Crippen LogP contribution is 2.15. The maximum Gasteiger partial charge on any atom is 0.144 e. The van der Waals surface area contributed by atoms with E-state index in [0.717, 1.165) is 12.1 Å². The maximum absolute atomic E-state index is 9.05. The van der Waals surface area contributed by atoms with Gasteiger partial charge in [0.15, 0.2) is 0 Å². The molecule has 1 N–H and O–H groups in total. The molecule has 1 rings (SSSR count). The molecule has 0 saturated heterocycles. The minimum Gasteiger partial charge on any atom is -0.365 e. The Kier molecular flexibility index (Phi) is 4.27. The van der Waals surface area contributed by atoms with Crippen LogP contribution in [0.3, 0.4) is 0 Å². The Morgan fingerprint density at radius 3 is 2.81 bits per heavy atom. The Balaban J connectivity index is 2.82. The fourth-order valence-electron chi connectivity index (χ4n) is 1.64. The molecule has 1 unspecified atom stereocenters. The summed E-state index contributed by atoms with van der Waals surface area (Å²) >= 11 is 0. The van der Waals surface area contributed by atoms with E-state index in [-0.39, 0.29) is 6.04 Å². The van der Waals surface area contributed by atoms with E-state index in [1.54, 1.807) is 6.20 Å². The highest BCUT2D eigenvalue weighted by atomic mass is 15.1. The number of likely N-dealkylation sites (N-methyl/N-ethyl adjacent to an activating group) is 1. The topological polar surface area (TPSA) is 52.0 Å². The van der Waals surface area contributed by atoms with E-state index in [1.807, 2.05) is 27.1 Å². The van der Waals surface area contributed by atoms with Crippen LogP contribution in [0.25, 0.3) is 0 Å². The molecule has 1 aromatic rings. The van der Waals surface area contributed by atoms with Gasteiger partial charge >= 0.3 is 0 Å². The molecule has 0 amide bonds. The standard InChI is InChI=1S/C12H18N4/c1-9-5-6-14-12(11(9)7-13)15-10(2)8-16(3)4/h5-6,10H,8H2,1-4H3,(H,14,15). The number of pyridine rings is 1. The average Bonchev–Trinajstić information content (AvgIpc) is 2.16. The summed E-state index contributed by atoms with van der Waals surface area (Å²) in [5, 5.41) is 12.3. The van der Waals surface area contributed by atoms with Gasteiger partial charge in [-0.1, -0.05) is 0 Å². The van der Waals surface area contributed by atoms with Crippen molar-refractivity contribution in [3.05, 3.63) is 23.4 Å². The van der Waals surface area contributed by atoms with E-state index >= 15 is 0 Å². The molecule has 4 nitrogen and oxygen atoms in total. The van der Waals surface area contributed by atoms with E-state index in [4.69, 9.17) is 5.26 Å². The van der Waals surface area contributed by atoms with Crippen LogP contribution in [-0.2, 0) is 0 Å². The maximum atomic E-state index is 9.05. The summed E-state index contributed by atoms with van der Waals surface area (Å²) in [6.45, 7) is 4.90. The largest absolute Gasteiger partial charge is 0.365 e. The van der Waals surface area contributed by atoms with Gasteiger partial charge in [-0.15, -0.1) is 0 Å². The second-order valence-electron chi connectivity index (χ2n) is 4.27. The van der Waals surface area contributed by atoms with Crippen molar-refractivity contribution in [3.63, 3.8) is 0 Å². The lowest BCUT2D eigenvalue weighted by atomic mass is 10.1. The van der Waals surface area contributed by atoms with Crippen molar-refractivity contribution in [2.75, 3.05) is 26.0 Å². The molecule has 0 bridgehead atoms. The van der Waals surface area contributed by atoms with Gasteiger partial charge in [-0.2, -0.15) is 5.26 Å². The van der Waals surface area contributed by atoms with Gasteiger partial charge in [0, 0.05) is 18.8 Å². The summed E-state index contributed by atoms with van der Waals surface area (Å²) in [4.78, 5) is 6.30. The molecule has 86 valence electrons. The van der Waals surface area contributed by atoms with Crippen LogP contribution in [0, 0.1) is 18.3 Å². The van der Waals surface area contributed by atoms with Gasteiger partial charge < -0.3 is 10.2 Å². The fraction of sp³-hybridized carbons (Fsp3) is 0.500. The molecule has 1 aromatic heterocycles. The number of nitrogens with zero attached hydrogens (tertiary/aromatic N) is 3. The number of nitrogens with one attached hydrogen (secondary N) is 1. The first-order chi connectivity index (χ1) is 7.54. The van der Waals surface area contributed by atoms with Gasteiger partial charge in [0.2, 0.25) is 0 Å². The fourth-order valence-corrected chi connectivity index (χ4v) is 1.64. The molecular formula is C12H18N4. The smallest absolute Gasteiger partial charge is 0.144 e. The second-order valence-corrected chi connectivity index (χ2v) is 4.27. The van der Waals surface area contributed by atoms with E-state index < -0.39 is 0 Å². The molecule has 0 fully saturated rings. The van der Waals surface area contributed by atoms with E-state index in [1.165, 1.54) is 0 Å². The molecule has 1 heterocycles. The zero-order valence-electron chi connectivity index (χ0n) is 10.3. The first-order valence-electron chi connectivity index (χ1n) is 5.31. The lowest BCUT2D eigenvalue weighted by Crippen LogP contribution is -2.30. The highest BCUT2D eigenvalue weighted by Gasteiger charge is 2.09. The third-order valence-electron chi connectivity index (χ3n) is 2.29. The third-order valence-corrected chi connectivity index (χ3v) is 2.29. The molecule has 4 heteroatoms. The van der Waals surface area contributed by atoms with Crippen LogP contribution < -0.4 is 5.32 Å². The Morgan fingerprint density at radius 2 is 2.25 bits per heavy atom. The molecular weight excluding hydrogens is 200 g/mol. The van der Waals surface area contributed by atoms with Crippen molar-refractivity contribution in [2.24, 2.45) is 0 Å². The SMILES string of the molecule is Cc1ccnc(NC(C)CN(C)C)c1C#N. The minimum absolute atomic E-state index is 0.261. The number of nitriles is 1. The molecule has 0 aliphatic carbocycles. The van der Waals surface area contributed by atoms with Gasteiger partial charge in [0.05, 0.1) is 5.56 Å². The van der Waals surface area contributed by atoms with Gasteiger partial charge in [-0.25, -0.2) is 4.98 Å². The highest BCUT2D eigenvalue weighted by molar-refractivity contribution is 5.55. The van der Waals surface area contributed by atoms with Crippen LogP contribution >= 0.6 is 0 Å². The van der Waals surface area contributed by atoms with E-state index in [2.05, 4.69) is 28.2 Å². The van der Waals surface area contributed by atoms with Crippen LogP contribution in [0.4, 0.5) is 5.82 Å². The number of rotatable bonds is 4. The van der Waals surface area contributed by atoms with E-state index in [0.29, 0.717) is 11.4 Å². The van der Waals surface area contributed by atoms with Crippen molar-refractivity contribution >= 4 is 5.82 Å². The number of hydrogen-bond acceptors (Lipinski definition) is 4. The lowest BCUT2D eigenvalue weighted by molar-refractivity contribution is 0.392. The molecule has 0 spiro atoms. The predicted molar refractivity (Wildman–Crippen MR) is 65.3 cm³/mol. The number of anilines is 1. The van der Waals surface area contributed by atoms with E-state index in [9.17, 15) is 0 Å². The van der Waals surface area contributed by atoms with Crippen LogP contribution in [-0.4, -0.2) is 36.6 Å². The number of hydrogen-bond donors (Lipinski definition) is 1. The van der Waals surface area contributed by atoms with Crippen LogP contribution in [0.2, 0.25) is 0 Å². The van der Waals surface area contributed by atoms with Gasteiger partial charge in [-0.3, -0.25) is 0 Å². The van der Waals surface area contributed by atoms with Crippen LogP contribution in [0.5, 0.6) is 0 Å². The summed E-state index contributed by atoms with van der Waals surface area (Å²) in [5.41, 5.74) is 1.59. The summed E-state index contributed by atoms with van der Waals surface area (Å²) < 4.78 is 0. The molecule has 0 radical (unpaired) electrons. The van der Waals surface area contributed by atoms with Crippen molar-refractivity contribution < 1.29 is 0 Å². The molecule has 1 atom stereocenters. The number of aromatic nitrogens is 1. The number of aryl methyl sites for hydroxylation is 1. The Bertz CT molecular complexity index is 392. The predicted octanol–water partition coefficient (Wildman–Crippen LogP) is 1.62. The van der Waals surface area contributed by atoms with Crippen molar-refractivity contribution in [1.29, 1.82) is 5.26 Å². The first kappa shape index (κ1) is 12.5. The van der Waals surface area contributed by atoms with Crippen LogP contribution in [0.15, 0.2) is 12.3 Å². The Morgan fingerprint density at radius 1 is 1.56 bits per heavy atom. The minimum atomic E-state index is 0.261. The average molecular weight is 218 g/mol. The third kappa shape index (κ3) is 3.21. The second kappa shape index (κ2) is 5.47. The quantitative estimate of drug-likeness (QED) is 0.834. The van der Waals surface area contributed by atoms with Crippen molar-refractivity contribution in [1.82, 2.24) is 9.88 Å². The van der Waals surface area contributed by atoms with Crippen LogP contribution in [0.1, 0.15) is 18.1 Å². The van der Waals surface area contributed by atoms with Gasteiger partial charge in [0.25, 0.3) is 0 Å². The zero-order valence-corrected chi connectivity index (χ0v) is 10.3. The summed E-state index contributed by atoms with van der Waals surface area (Å²) in [5.74, 6) is 0.678. The van der Waals surface area contributed by atoms with Crippen molar-refractivity contribution in [2.45, 2.75) is 19.9 Å². The zero-order chi connectivity index (χ0) is 12.1. The Labute approximate surface area is 96.9 Å².